The van der Waals surface area contributed by atoms with Crippen LogP contribution in [-0.2, 0) is 19.6 Å². The number of amides is 2. The number of piperazine rings is 1. The molecule has 0 aliphatic carbocycles. The molecule has 3 atom stereocenters. The monoisotopic (exact) mass is 363 g/mol. The van der Waals surface area contributed by atoms with E-state index in [1.165, 1.54) is 11.2 Å². The summed E-state index contributed by atoms with van der Waals surface area (Å²) in [6.07, 6.45) is 1.24. The maximum absolute atomic E-state index is 13.2. The van der Waals surface area contributed by atoms with Crippen molar-refractivity contribution in [3.8, 4) is 0 Å². The minimum Gasteiger partial charge on any atom is -0.353 e. The molecule has 25 heavy (non-hydrogen) atoms. The van der Waals surface area contributed by atoms with Gasteiger partial charge in [0.2, 0.25) is 21.8 Å². The number of carbonyl (C=O) groups is 2. The lowest BCUT2D eigenvalue weighted by Crippen LogP contribution is -2.57. The molecular weight excluding hydrogens is 342 g/mol. The zero-order valence-corrected chi connectivity index (χ0v) is 15.0. The van der Waals surface area contributed by atoms with Crippen molar-refractivity contribution in [3.05, 3.63) is 23.8 Å². The molecule has 1 aromatic carbocycles. The summed E-state index contributed by atoms with van der Waals surface area (Å²) >= 11 is 0. The number of carbonyl (C=O) groups excluding carboxylic acids is 2. The first-order valence-electron chi connectivity index (χ1n) is 8.54. The molecule has 4 rings (SSSR count). The lowest BCUT2D eigenvalue weighted by molar-refractivity contribution is -0.126. The van der Waals surface area contributed by atoms with E-state index < -0.39 is 16.1 Å². The van der Waals surface area contributed by atoms with Gasteiger partial charge in [-0.3, -0.25) is 9.59 Å². The summed E-state index contributed by atoms with van der Waals surface area (Å²) in [5.74, 6) is -0.150. The number of nitrogens with one attached hydrogen (secondary N) is 1. The Kier molecular flexibility index (Phi) is 3.66. The van der Waals surface area contributed by atoms with E-state index in [0.717, 1.165) is 5.56 Å². The molecule has 1 aromatic rings. The van der Waals surface area contributed by atoms with Crippen LogP contribution in [0.2, 0.25) is 0 Å². The van der Waals surface area contributed by atoms with Gasteiger partial charge in [-0.2, -0.15) is 4.31 Å². The second-order valence-electron chi connectivity index (χ2n) is 7.08. The molecule has 134 valence electrons. The molecule has 8 heteroatoms. The van der Waals surface area contributed by atoms with Gasteiger partial charge in [0.1, 0.15) is 6.04 Å². The van der Waals surface area contributed by atoms with Gasteiger partial charge in [-0.25, -0.2) is 8.42 Å². The maximum atomic E-state index is 13.2. The first-order valence-corrected chi connectivity index (χ1v) is 9.98. The second kappa shape index (κ2) is 5.54. The third kappa shape index (κ3) is 2.38. The van der Waals surface area contributed by atoms with Gasteiger partial charge < -0.3 is 10.2 Å². The molecule has 3 unspecified atom stereocenters. The summed E-state index contributed by atoms with van der Waals surface area (Å²) in [5.41, 5.74) is 1.64. The van der Waals surface area contributed by atoms with Crippen LogP contribution < -0.4 is 10.2 Å². The zero-order chi connectivity index (χ0) is 17.9. The Labute approximate surface area is 147 Å². The van der Waals surface area contributed by atoms with Gasteiger partial charge in [0.15, 0.2) is 0 Å². The van der Waals surface area contributed by atoms with E-state index in [2.05, 4.69) is 5.32 Å². The van der Waals surface area contributed by atoms with Gasteiger partial charge in [0.25, 0.3) is 0 Å². The van der Waals surface area contributed by atoms with E-state index in [4.69, 9.17) is 0 Å². The molecule has 2 amide bonds. The lowest BCUT2D eigenvalue weighted by atomic mass is 10.0. The van der Waals surface area contributed by atoms with E-state index in [9.17, 15) is 18.0 Å². The number of rotatable bonds is 2. The normalized spacial score (nSPS) is 28.8. The Hall–Kier alpha value is -1.93. The molecule has 1 N–H and O–H groups in total. The minimum atomic E-state index is -3.78. The average Bonchev–Trinajstić information content (AvgIpc) is 3.09. The van der Waals surface area contributed by atoms with Crippen molar-refractivity contribution in [1.29, 1.82) is 0 Å². The van der Waals surface area contributed by atoms with Crippen LogP contribution in [-0.4, -0.2) is 49.7 Å². The predicted molar refractivity (Wildman–Crippen MR) is 91.7 cm³/mol. The van der Waals surface area contributed by atoms with Crippen LogP contribution in [0.1, 0.15) is 38.2 Å². The van der Waals surface area contributed by atoms with E-state index in [0.29, 0.717) is 31.6 Å². The minimum absolute atomic E-state index is 0.0995. The largest absolute Gasteiger partial charge is 0.353 e. The third-order valence-corrected chi connectivity index (χ3v) is 7.45. The zero-order valence-electron chi connectivity index (χ0n) is 14.2. The molecule has 0 aromatic heterocycles. The molecular formula is C17H21N3O4S. The summed E-state index contributed by atoms with van der Waals surface area (Å²) in [6.45, 7) is 4.42. The number of hydrogen-bond donors (Lipinski definition) is 1. The molecule has 3 aliphatic heterocycles. The summed E-state index contributed by atoms with van der Waals surface area (Å²) < 4.78 is 27.8. The Morgan fingerprint density at radius 2 is 2.04 bits per heavy atom. The molecule has 2 fully saturated rings. The molecule has 2 saturated heterocycles. The maximum Gasteiger partial charge on any atom is 0.244 e. The van der Waals surface area contributed by atoms with Crippen molar-refractivity contribution in [2.45, 2.75) is 49.6 Å². The molecule has 3 heterocycles. The Balaban J connectivity index is 1.76. The Bertz CT molecular complexity index is 867. The fourth-order valence-electron chi connectivity index (χ4n) is 4.22. The first kappa shape index (κ1) is 16.5. The topological polar surface area (TPSA) is 86.8 Å². The first-order chi connectivity index (χ1) is 11.8. The highest BCUT2D eigenvalue weighted by Gasteiger charge is 2.48. The third-order valence-electron chi connectivity index (χ3n) is 5.49. The Morgan fingerprint density at radius 3 is 2.76 bits per heavy atom. The van der Waals surface area contributed by atoms with Gasteiger partial charge in [-0.1, -0.05) is 13.0 Å². The van der Waals surface area contributed by atoms with Crippen molar-refractivity contribution in [2.24, 2.45) is 0 Å². The molecule has 0 radical (unpaired) electrons. The highest BCUT2D eigenvalue weighted by Crippen LogP contribution is 2.40. The van der Waals surface area contributed by atoms with Gasteiger partial charge >= 0.3 is 0 Å². The highest BCUT2D eigenvalue weighted by molar-refractivity contribution is 7.89. The van der Waals surface area contributed by atoms with Crippen LogP contribution in [0.25, 0.3) is 0 Å². The lowest BCUT2D eigenvalue weighted by Gasteiger charge is -2.33. The number of hydrogen-bond acceptors (Lipinski definition) is 4. The van der Waals surface area contributed by atoms with Crippen molar-refractivity contribution in [3.63, 3.8) is 0 Å². The number of nitrogens with zero attached hydrogens (tertiary/aromatic N) is 2. The van der Waals surface area contributed by atoms with Crippen molar-refractivity contribution >= 4 is 27.5 Å². The quantitative estimate of drug-likeness (QED) is 0.842. The van der Waals surface area contributed by atoms with E-state index in [-0.39, 0.29) is 28.7 Å². The van der Waals surface area contributed by atoms with Crippen molar-refractivity contribution in [2.75, 3.05) is 18.0 Å². The van der Waals surface area contributed by atoms with Crippen molar-refractivity contribution in [1.82, 2.24) is 9.62 Å². The molecule has 0 saturated carbocycles. The summed E-state index contributed by atoms with van der Waals surface area (Å²) in [7, 11) is -3.78. The Morgan fingerprint density at radius 1 is 1.28 bits per heavy atom. The molecule has 0 spiro atoms. The predicted octanol–water partition coefficient (Wildman–Crippen LogP) is 0.808. The van der Waals surface area contributed by atoms with E-state index in [1.54, 1.807) is 23.1 Å². The molecule has 2 bridgehead atoms. The van der Waals surface area contributed by atoms with Gasteiger partial charge in [0, 0.05) is 37.7 Å². The van der Waals surface area contributed by atoms with Gasteiger partial charge in [-0.05, 0) is 30.5 Å². The summed E-state index contributed by atoms with van der Waals surface area (Å²) in [5, 5.41) is 2.77. The second-order valence-corrected chi connectivity index (χ2v) is 8.92. The molecule has 3 aliphatic rings. The van der Waals surface area contributed by atoms with E-state index >= 15 is 0 Å². The van der Waals surface area contributed by atoms with Crippen LogP contribution in [0, 0.1) is 0 Å². The fourth-order valence-corrected chi connectivity index (χ4v) is 6.08. The fraction of sp³-hybridized carbons (Fsp3) is 0.529. The average molecular weight is 363 g/mol. The standard InChI is InChI=1S/C17H21N3O4S/c1-10-9-19(11(2)21)16-7-13(4-5-14(10)16)25(23,24)20-12-3-6-15(20)17(22)18-8-12/h4-5,7,10,12,15H,3,6,8-9H2,1-2H3,(H,18,22). The van der Waals surface area contributed by atoms with Gasteiger partial charge in [0.05, 0.1) is 4.90 Å². The number of sulfonamides is 1. The van der Waals surface area contributed by atoms with Crippen LogP contribution >= 0.6 is 0 Å². The van der Waals surface area contributed by atoms with Gasteiger partial charge in [-0.15, -0.1) is 0 Å². The van der Waals surface area contributed by atoms with Crippen LogP contribution in [0.4, 0.5) is 5.69 Å². The summed E-state index contributed by atoms with van der Waals surface area (Å²) in [6, 6.07) is 4.16. The van der Waals surface area contributed by atoms with Crippen LogP contribution in [0.15, 0.2) is 23.1 Å². The van der Waals surface area contributed by atoms with Crippen molar-refractivity contribution < 1.29 is 18.0 Å². The van der Waals surface area contributed by atoms with E-state index in [1.807, 2.05) is 6.92 Å². The summed E-state index contributed by atoms with van der Waals surface area (Å²) in [4.78, 5) is 25.7. The molecule has 7 nitrogen and oxygen atoms in total. The highest BCUT2D eigenvalue weighted by atomic mass is 32.2. The van der Waals surface area contributed by atoms with Crippen LogP contribution in [0.3, 0.4) is 0 Å². The SMILES string of the molecule is CC(=O)N1CC(C)c2ccc(S(=O)(=O)N3C4CCC3C(=O)NC4)cc21. The smallest absolute Gasteiger partial charge is 0.244 e. The van der Waals surface area contributed by atoms with Crippen LogP contribution in [0.5, 0.6) is 0 Å². The number of benzene rings is 1. The number of fused-ring (bicyclic) bond motifs is 3. The number of anilines is 1.